The van der Waals surface area contributed by atoms with Gasteiger partial charge in [0.15, 0.2) is 5.78 Å². The van der Waals surface area contributed by atoms with Crippen molar-refractivity contribution in [2.75, 3.05) is 0 Å². The van der Waals surface area contributed by atoms with Gasteiger partial charge in [-0.1, -0.05) is 0 Å². The van der Waals surface area contributed by atoms with Gasteiger partial charge in [0.1, 0.15) is 23.8 Å². The number of halogens is 2. The summed E-state index contributed by atoms with van der Waals surface area (Å²) in [6.45, 7) is 0. The minimum Gasteiger partial charge on any atom is -0.343 e. The number of H-pyrrole nitrogens is 1. The lowest BCUT2D eigenvalue weighted by Gasteiger charge is -2.40. The van der Waals surface area contributed by atoms with Crippen molar-refractivity contribution in [1.29, 1.82) is 0 Å². The quantitative estimate of drug-likeness (QED) is 0.793. The number of hydrogen-bond donors (Lipinski definition) is 2. The Balaban J connectivity index is 1.58. The average Bonchev–Trinajstić information content (AvgIpc) is 3.03. The molecule has 0 saturated heterocycles. The highest BCUT2D eigenvalue weighted by Gasteiger charge is 2.42. The topological polar surface area (TPSA) is 87.7 Å². The van der Waals surface area contributed by atoms with E-state index in [1.807, 2.05) is 0 Å². The molecule has 0 atom stereocenters. The number of benzene rings is 1. The molecule has 1 fully saturated rings. The van der Waals surface area contributed by atoms with Crippen molar-refractivity contribution >= 4 is 11.7 Å². The predicted octanol–water partition coefficient (Wildman–Crippen LogP) is 2.24. The third-order valence-electron chi connectivity index (χ3n) is 4.26. The lowest BCUT2D eigenvalue weighted by molar-refractivity contribution is -0.124. The molecule has 0 aliphatic heterocycles. The van der Waals surface area contributed by atoms with Crippen molar-refractivity contribution in [3.63, 3.8) is 0 Å². The Bertz CT molecular complexity index is 757. The summed E-state index contributed by atoms with van der Waals surface area (Å²) in [4.78, 5) is 28.2. The second kappa shape index (κ2) is 6.46. The Labute approximate surface area is 136 Å². The number of carbonyl (C=O) groups is 2. The van der Waals surface area contributed by atoms with E-state index in [9.17, 15) is 18.4 Å². The van der Waals surface area contributed by atoms with Crippen LogP contribution >= 0.6 is 0 Å². The highest BCUT2D eigenvalue weighted by molar-refractivity contribution is 5.98. The Kier molecular flexibility index (Phi) is 4.37. The van der Waals surface area contributed by atoms with Crippen molar-refractivity contribution in [2.24, 2.45) is 0 Å². The van der Waals surface area contributed by atoms with Gasteiger partial charge in [-0.3, -0.25) is 14.7 Å². The fourth-order valence-corrected chi connectivity index (χ4v) is 2.79. The van der Waals surface area contributed by atoms with Crippen LogP contribution in [0.25, 0.3) is 0 Å². The van der Waals surface area contributed by atoms with Gasteiger partial charge in [-0.15, -0.1) is 0 Å². The molecule has 8 heteroatoms. The van der Waals surface area contributed by atoms with E-state index in [-0.39, 0.29) is 24.3 Å². The van der Waals surface area contributed by atoms with Crippen LogP contribution in [0.5, 0.6) is 0 Å². The zero-order valence-electron chi connectivity index (χ0n) is 12.8. The third kappa shape index (κ3) is 3.17. The minimum absolute atomic E-state index is 0.0778. The molecule has 0 bridgehead atoms. The standard InChI is InChI=1S/C16H16F2N4O2/c17-10-2-3-11(12(18)8-10)13(23)4-5-14(24)21-16(6-1-7-16)15-19-9-20-22-15/h2-3,8-9H,1,4-7H2,(H,21,24)(H,19,20,22). The Morgan fingerprint density at radius 2 is 2.04 bits per heavy atom. The molecule has 1 amide bonds. The van der Waals surface area contributed by atoms with E-state index in [0.29, 0.717) is 11.9 Å². The molecule has 2 N–H and O–H groups in total. The molecule has 1 saturated carbocycles. The van der Waals surface area contributed by atoms with Crippen LogP contribution < -0.4 is 5.32 Å². The van der Waals surface area contributed by atoms with Crippen LogP contribution in [-0.4, -0.2) is 26.9 Å². The van der Waals surface area contributed by atoms with E-state index < -0.39 is 23.0 Å². The van der Waals surface area contributed by atoms with Crippen molar-refractivity contribution < 1.29 is 18.4 Å². The smallest absolute Gasteiger partial charge is 0.221 e. The molecule has 24 heavy (non-hydrogen) atoms. The minimum atomic E-state index is -0.919. The molecule has 1 aromatic heterocycles. The number of aromatic amines is 1. The number of nitrogens with one attached hydrogen (secondary N) is 2. The zero-order valence-corrected chi connectivity index (χ0v) is 12.8. The van der Waals surface area contributed by atoms with Crippen LogP contribution in [0.15, 0.2) is 24.5 Å². The van der Waals surface area contributed by atoms with Crippen LogP contribution in [0.1, 0.15) is 48.3 Å². The Morgan fingerprint density at radius 1 is 1.25 bits per heavy atom. The molecule has 0 unspecified atom stereocenters. The second-order valence-corrected chi connectivity index (χ2v) is 5.87. The third-order valence-corrected chi connectivity index (χ3v) is 4.26. The van der Waals surface area contributed by atoms with Gasteiger partial charge >= 0.3 is 0 Å². The number of hydrogen-bond acceptors (Lipinski definition) is 4. The molecule has 0 spiro atoms. The number of nitrogens with zero attached hydrogens (tertiary/aromatic N) is 2. The Morgan fingerprint density at radius 3 is 2.62 bits per heavy atom. The predicted molar refractivity (Wildman–Crippen MR) is 80.0 cm³/mol. The molecule has 3 rings (SSSR count). The lowest BCUT2D eigenvalue weighted by atomic mass is 9.76. The van der Waals surface area contributed by atoms with Crippen LogP contribution in [0.3, 0.4) is 0 Å². The van der Waals surface area contributed by atoms with Crippen molar-refractivity contribution in [1.82, 2.24) is 20.5 Å². The summed E-state index contributed by atoms with van der Waals surface area (Å²) >= 11 is 0. The summed E-state index contributed by atoms with van der Waals surface area (Å²) in [5, 5.41) is 9.44. The van der Waals surface area contributed by atoms with E-state index in [1.165, 1.54) is 6.33 Å². The Hall–Kier alpha value is -2.64. The molecule has 1 aliphatic rings. The summed E-state index contributed by atoms with van der Waals surface area (Å²) in [5.74, 6) is -1.93. The van der Waals surface area contributed by atoms with Gasteiger partial charge < -0.3 is 5.32 Å². The maximum atomic E-state index is 13.6. The zero-order chi connectivity index (χ0) is 17.2. The van der Waals surface area contributed by atoms with E-state index in [1.54, 1.807) is 0 Å². The van der Waals surface area contributed by atoms with Gasteiger partial charge in [0, 0.05) is 18.9 Å². The van der Waals surface area contributed by atoms with Crippen LogP contribution in [0, 0.1) is 11.6 Å². The van der Waals surface area contributed by atoms with Crippen LogP contribution in [0.4, 0.5) is 8.78 Å². The average molecular weight is 334 g/mol. The van der Waals surface area contributed by atoms with Gasteiger partial charge in [-0.05, 0) is 31.4 Å². The van der Waals surface area contributed by atoms with Crippen molar-refractivity contribution in [2.45, 2.75) is 37.6 Å². The summed E-state index contributed by atoms with van der Waals surface area (Å²) in [7, 11) is 0. The van der Waals surface area contributed by atoms with Crippen molar-refractivity contribution in [3.05, 3.63) is 47.5 Å². The molecule has 1 aliphatic carbocycles. The first-order valence-electron chi connectivity index (χ1n) is 7.65. The molecule has 126 valence electrons. The number of rotatable bonds is 6. The molecular formula is C16H16F2N4O2. The number of aromatic nitrogens is 3. The van der Waals surface area contributed by atoms with E-state index >= 15 is 0 Å². The monoisotopic (exact) mass is 334 g/mol. The summed E-state index contributed by atoms with van der Waals surface area (Å²) in [5.41, 5.74) is -0.768. The van der Waals surface area contributed by atoms with Gasteiger partial charge in [0.25, 0.3) is 0 Å². The number of amides is 1. The first-order chi connectivity index (χ1) is 11.5. The van der Waals surface area contributed by atoms with Crippen LogP contribution in [0.2, 0.25) is 0 Å². The van der Waals surface area contributed by atoms with Gasteiger partial charge in [0.2, 0.25) is 5.91 Å². The summed E-state index contributed by atoms with van der Waals surface area (Å²) in [6, 6.07) is 2.76. The lowest BCUT2D eigenvalue weighted by Crippen LogP contribution is -2.51. The number of carbonyl (C=O) groups excluding carboxylic acids is 2. The van der Waals surface area contributed by atoms with Gasteiger partial charge in [-0.25, -0.2) is 13.8 Å². The molecule has 1 aromatic carbocycles. The second-order valence-electron chi connectivity index (χ2n) is 5.87. The van der Waals surface area contributed by atoms with Crippen molar-refractivity contribution in [3.8, 4) is 0 Å². The molecule has 2 aromatic rings. The maximum absolute atomic E-state index is 13.6. The van der Waals surface area contributed by atoms with Crippen LogP contribution in [-0.2, 0) is 10.3 Å². The summed E-state index contributed by atoms with van der Waals surface area (Å²) < 4.78 is 26.4. The highest BCUT2D eigenvalue weighted by atomic mass is 19.1. The normalized spacial score (nSPS) is 15.6. The first-order valence-corrected chi connectivity index (χ1v) is 7.65. The van der Waals surface area contributed by atoms with Gasteiger partial charge in [-0.2, -0.15) is 5.10 Å². The van der Waals surface area contributed by atoms with Gasteiger partial charge in [0.05, 0.1) is 11.1 Å². The molecule has 1 heterocycles. The first kappa shape index (κ1) is 16.2. The van der Waals surface area contributed by atoms with E-state index in [2.05, 4.69) is 20.5 Å². The van der Waals surface area contributed by atoms with E-state index in [4.69, 9.17) is 0 Å². The molecule has 6 nitrogen and oxygen atoms in total. The SMILES string of the molecule is O=C(CCC(=O)c1ccc(F)cc1F)NC1(c2ncn[nH]2)CCC1. The maximum Gasteiger partial charge on any atom is 0.221 e. The largest absolute Gasteiger partial charge is 0.343 e. The highest BCUT2D eigenvalue weighted by Crippen LogP contribution is 2.39. The molecular weight excluding hydrogens is 318 g/mol. The number of ketones is 1. The molecule has 0 radical (unpaired) electrons. The fourth-order valence-electron chi connectivity index (χ4n) is 2.79. The summed E-state index contributed by atoms with van der Waals surface area (Å²) in [6.07, 6.45) is 3.60. The van der Waals surface area contributed by atoms with E-state index in [0.717, 1.165) is 31.4 Å². The number of Topliss-reactive ketones (excluding diaryl/α,β-unsaturated/α-hetero) is 1. The fraction of sp³-hybridized carbons (Fsp3) is 0.375.